The van der Waals surface area contributed by atoms with E-state index in [1.807, 2.05) is 36.4 Å². The fraction of sp³-hybridized carbons (Fsp3) is 0.308. The van der Waals surface area contributed by atoms with Gasteiger partial charge in [0.2, 0.25) is 0 Å². The van der Waals surface area contributed by atoms with Crippen LogP contribution in [0, 0.1) is 12.8 Å². The number of benzene rings is 3. The van der Waals surface area contributed by atoms with Gasteiger partial charge >= 0.3 is 0 Å². The van der Waals surface area contributed by atoms with Gasteiger partial charge < -0.3 is 5.11 Å². The third-order valence-electron chi connectivity index (χ3n) is 6.09. The van der Waals surface area contributed by atoms with Gasteiger partial charge in [-0.3, -0.25) is 4.90 Å². The van der Waals surface area contributed by atoms with Crippen LogP contribution in [0.1, 0.15) is 35.1 Å². The number of nitrogens with zero attached hydrogens (tertiary/aromatic N) is 1. The van der Waals surface area contributed by atoms with Gasteiger partial charge in [0, 0.05) is 6.54 Å². The molecule has 0 saturated carbocycles. The Hall–Kier alpha value is -2.13. The zero-order chi connectivity index (χ0) is 19.4. The van der Waals surface area contributed by atoms with E-state index >= 15 is 0 Å². The van der Waals surface area contributed by atoms with Crippen LogP contribution in [0.3, 0.4) is 0 Å². The summed E-state index contributed by atoms with van der Waals surface area (Å²) < 4.78 is 0. The Morgan fingerprint density at radius 1 is 0.828 bits per heavy atom. The van der Waals surface area contributed by atoms with Crippen molar-refractivity contribution >= 4 is 12.4 Å². The lowest BCUT2D eigenvalue weighted by molar-refractivity contribution is -0.0152. The maximum atomic E-state index is 12.0. The first kappa shape index (κ1) is 21.6. The van der Waals surface area contributed by atoms with Crippen LogP contribution in [-0.4, -0.2) is 23.1 Å². The van der Waals surface area contributed by atoms with Gasteiger partial charge in [0.25, 0.3) is 0 Å². The first-order chi connectivity index (χ1) is 13.7. The summed E-state index contributed by atoms with van der Waals surface area (Å²) in [7, 11) is 0. The number of hydrogen-bond acceptors (Lipinski definition) is 2. The predicted molar refractivity (Wildman–Crippen MR) is 122 cm³/mol. The normalized spacial score (nSPS) is 15.7. The molecule has 1 aliphatic heterocycles. The van der Waals surface area contributed by atoms with Crippen molar-refractivity contribution < 1.29 is 5.11 Å². The summed E-state index contributed by atoms with van der Waals surface area (Å²) in [6.45, 7) is 5.17. The molecule has 0 aromatic heterocycles. The van der Waals surface area contributed by atoms with Crippen molar-refractivity contribution in [1.29, 1.82) is 0 Å². The molecule has 3 aromatic carbocycles. The molecule has 152 valence electrons. The van der Waals surface area contributed by atoms with Crippen LogP contribution in [-0.2, 0) is 12.1 Å². The van der Waals surface area contributed by atoms with E-state index in [1.54, 1.807) is 0 Å². The fourth-order valence-electron chi connectivity index (χ4n) is 4.60. The van der Waals surface area contributed by atoms with Crippen molar-refractivity contribution in [3.63, 3.8) is 0 Å². The van der Waals surface area contributed by atoms with E-state index in [0.29, 0.717) is 0 Å². The van der Waals surface area contributed by atoms with Gasteiger partial charge in [-0.2, -0.15) is 0 Å². The summed E-state index contributed by atoms with van der Waals surface area (Å²) in [5, 5.41) is 12.0. The highest BCUT2D eigenvalue weighted by molar-refractivity contribution is 5.85. The van der Waals surface area contributed by atoms with Gasteiger partial charge in [0.05, 0.1) is 0 Å². The molecule has 0 bridgehead atoms. The predicted octanol–water partition coefficient (Wildman–Crippen LogP) is 5.56. The number of aryl methyl sites for hydroxylation is 1. The second kappa shape index (κ2) is 9.58. The highest BCUT2D eigenvalue weighted by atomic mass is 35.5. The van der Waals surface area contributed by atoms with Gasteiger partial charge in [-0.25, -0.2) is 0 Å². The van der Waals surface area contributed by atoms with E-state index in [0.717, 1.165) is 43.6 Å². The third-order valence-corrected chi connectivity index (χ3v) is 6.09. The van der Waals surface area contributed by atoms with Crippen LogP contribution in [0.2, 0.25) is 0 Å². The van der Waals surface area contributed by atoms with Crippen LogP contribution in [0.5, 0.6) is 0 Å². The number of hydrogen-bond donors (Lipinski definition) is 1. The van der Waals surface area contributed by atoms with Crippen molar-refractivity contribution in [3.8, 4) is 0 Å². The highest BCUT2D eigenvalue weighted by Crippen LogP contribution is 2.42. The molecule has 3 aromatic rings. The first-order valence-electron chi connectivity index (χ1n) is 10.3. The summed E-state index contributed by atoms with van der Waals surface area (Å²) in [5.41, 5.74) is 3.75. The Morgan fingerprint density at radius 2 is 1.38 bits per heavy atom. The molecule has 1 saturated heterocycles. The number of likely N-dealkylation sites (tertiary alicyclic amines) is 1. The van der Waals surface area contributed by atoms with E-state index in [2.05, 4.69) is 60.4 Å². The largest absolute Gasteiger partial charge is 0.380 e. The maximum absolute atomic E-state index is 12.0. The minimum absolute atomic E-state index is 0. The second-order valence-electron chi connectivity index (χ2n) is 8.04. The van der Waals surface area contributed by atoms with E-state index in [-0.39, 0.29) is 18.3 Å². The summed E-state index contributed by atoms with van der Waals surface area (Å²) in [4.78, 5) is 2.52. The van der Waals surface area contributed by atoms with Crippen molar-refractivity contribution in [2.45, 2.75) is 31.9 Å². The zero-order valence-corrected chi connectivity index (χ0v) is 17.8. The Bertz CT molecular complexity index is 849. The summed E-state index contributed by atoms with van der Waals surface area (Å²) in [5.74, 6) is 0.214. The van der Waals surface area contributed by atoms with Crippen LogP contribution < -0.4 is 0 Å². The average molecular weight is 408 g/mol. The van der Waals surface area contributed by atoms with Crippen molar-refractivity contribution in [3.05, 3.63) is 107 Å². The lowest BCUT2D eigenvalue weighted by Crippen LogP contribution is -2.44. The van der Waals surface area contributed by atoms with Gasteiger partial charge in [-0.15, -0.1) is 12.4 Å². The Labute approximate surface area is 180 Å². The first-order valence-corrected chi connectivity index (χ1v) is 10.3. The molecular formula is C26H30ClNO. The molecule has 29 heavy (non-hydrogen) atoms. The van der Waals surface area contributed by atoms with Gasteiger partial charge in [-0.1, -0.05) is 90.5 Å². The van der Waals surface area contributed by atoms with Gasteiger partial charge in [0.1, 0.15) is 5.60 Å². The van der Waals surface area contributed by atoms with Gasteiger partial charge in [-0.05, 0) is 55.5 Å². The summed E-state index contributed by atoms with van der Waals surface area (Å²) in [6, 6.07) is 29.1. The third kappa shape index (κ3) is 4.72. The molecule has 1 heterocycles. The average Bonchev–Trinajstić information content (AvgIpc) is 2.75. The minimum atomic E-state index is -0.933. The summed E-state index contributed by atoms with van der Waals surface area (Å²) in [6.07, 6.45) is 1.98. The molecule has 4 rings (SSSR count). The molecule has 3 heteroatoms. The van der Waals surface area contributed by atoms with Crippen LogP contribution >= 0.6 is 12.4 Å². The molecule has 2 nitrogen and oxygen atoms in total. The number of aliphatic hydroxyl groups is 1. The topological polar surface area (TPSA) is 23.5 Å². The maximum Gasteiger partial charge on any atom is 0.117 e. The molecule has 1 fully saturated rings. The quantitative estimate of drug-likeness (QED) is 0.598. The van der Waals surface area contributed by atoms with Crippen molar-refractivity contribution in [1.82, 2.24) is 4.90 Å². The van der Waals surface area contributed by atoms with E-state index in [9.17, 15) is 5.11 Å². The van der Waals surface area contributed by atoms with E-state index < -0.39 is 5.60 Å². The molecule has 0 radical (unpaired) electrons. The van der Waals surface area contributed by atoms with E-state index in [1.165, 1.54) is 11.1 Å². The van der Waals surface area contributed by atoms with Crippen LogP contribution in [0.15, 0.2) is 84.9 Å². The van der Waals surface area contributed by atoms with E-state index in [4.69, 9.17) is 0 Å². The standard InChI is InChI=1S/C26H29NO.ClH/c1-21-9-8-10-22(19-21)20-27-17-15-25(16-18-27)26(28,23-11-4-2-5-12-23)24-13-6-3-7-14-24;/h2-14,19,25,28H,15-18,20H2,1H3;1H. The van der Waals surface area contributed by atoms with Crippen molar-refractivity contribution in [2.24, 2.45) is 5.92 Å². The number of halogens is 1. The summed E-state index contributed by atoms with van der Waals surface area (Å²) >= 11 is 0. The van der Waals surface area contributed by atoms with Crippen LogP contribution in [0.4, 0.5) is 0 Å². The highest BCUT2D eigenvalue weighted by Gasteiger charge is 2.41. The molecule has 0 spiro atoms. The second-order valence-corrected chi connectivity index (χ2v) is 8.04. The molecule has 1 aliphatic rings. The van der Waals surface area contributed by atoms with Gasteiger partial charge in [0.15, 0.2) is 0 Å². The van der Waals surface area contributed by atoms with Crippen LogP contribution in [0.25, 0.3) is 0 Å². The molecule has 0 amide bonds. The smallest absolute Gasteiger partial charge is 0.117 e. The SMILES string of the molecule is Cc1cccc(CN2CCC(C(O)(c3ccccc3)c3ccccc3)CC2)c1.Cl. The lowest BCUT2D eigenvalue weighted by atomic mass is 9.72. The molecule has 0 aliphatic carbocycles. The number of piperidine rings is 1. The molecule has 0 atom stereocenters. The minimum Gasteiger partial charge on any atom is -0.380 e. The fourth-order valence-corrected chi connectivity index (χ4v) is 4.60. The molecular weight excluding hydrogens is 378 g/mol. The monoisotopic (exact) mass is 407 g/mol. The molecule has 1 N–H and O–H groups in total. The zero-order valence-electron chi connectivity index (χ0n) is 17.0. The van der Waals surface area contributed by atoms with Crippen molar-refractivity contribution in [2.75, 3.05) is 13.1 Å². The lowest BCUT2D eigenvalue weighted by Gasteiger charge is -2.42. The Kier molecular flexibility index (Phi) is 7.13. The Balaban J connectivity index is 0.00000240. The molecule has 0 unspecified atom stereocenters. The Morgan fingerprint density at radius 3 is 1.90 bits per heavy atom. The number of rotatable bonds is 5.